The first kappa shape index (κ1) is 25.8. The van der Waals surface area contributed by atoms with Gasteiger partial charge in [-0.2, -0.15) is 0 Å². The molecule has 3 aromatic rings. The number of aryl methyl sites for hydroxylation is 1. The standard InChI is InChI=1S/C28H36ClN3O3/c1-21-14-15-22(18-25(21)29)20-34-17-16-32(2,3)19-26-30-31-27(35-26)28(33,23-10-6-4-7-11-23)24-12-8-5-9-13-24/h4,6-7,10-11,14-15,18,24H,5,8-9,12-13,16-17,19-20H2,1-3H3. The topological polar surface area (TPSA) is 71.2 Å². The smallest absolute Gasteiger partial charge is 0.271 e. The number of aromatic nitrogens is 2. The van der Waals surface area contributed by atoms with E-state index in [0.717, 1.165) is 48.4 Å². The van der Waals surface area contributed by atoms with Crippen molar-refractivity contribution >= 4 is 11.6 Å². The fourth-order valence-corrected chi connectivity index (χ4v) is 5.07. The van der Waals surface area contributed by atoms with Crippen molar-refractivity contribution in [2.45, 2.75) is 57.8 Å². The van der Waals surface area contributed by atoms with Crippen molar-refractivity contribution in [2.24, 2.45) is 5.92 Å². The molecule has 1 aromatic heterocycles. The molecule has 2 aromatic carbocycles. The number of benzene rings is 2. The van der Waals surface area contributed by atoms with Crippen LogP contribution in [0.4, 0.5) is 0 Å². The second-order valence-corrected chi connectivity index (χ2v) is 10.8. The maximum absolute atomic E-state index is 14.4. The van der Waals surface area contributed by atoms with E-state index in [2.05, 4.69) is 24.3 Å². The number of rotatable bonds is 10. The molecule has 0 amide bonds. The van der Waals surface area contributed by atoms with Gasteiger partial charge in [0, 0.05) is 5.02 Å². The van der Waals surface area contributed by atoms with Crippen molar-refractivity contribution in [1.82, 2.24) is 10.2 Å². The van der Waals surface area contributed by atoms with Crippen molar-refractivity contribution in [3.8, 4) is 0 Å². The lowest BCUT2D eigenvalue weighted by molar-refractivity contribution is -0.905. The fraction of sp³-hybridized carbons (Fsp3) is 0.500. The highest BCUT2D eigenvalue weighted by Gasteiger charge is 2.37. The lowest BCUT2D eigenvalue weighted by Crippen LogP contribution is -2.49. The summed E-state index contributed by atoms with van der Waals surface area (Å²) in [5.41, 5.74) is 1.32. The second-order valence-electron chi connectivity index (χ2n) is 10.4. The van der Waals surface area contributed by atoms with Gasteiger partial charge in [-0.3, -0.25) is 0 Å². The summed E-state index contributed by atoms with van der Waals surface area (Å²) in [7, 11) is 4.19. The minimum Gasteiger partial charge on any atom is -0.839 e. The molecule has 7 heteroatoms. The number of quaternary nitrogens is 1. The first-order valence-electron chi connectivity index (χ1n) is 12.5. The molecule has 1 atom stereocenters. The Labute approximate surface area is 213 Å². The Bertz CT molecular complexity index is 1100. The van der Waals surface area contributed by atoms with E-state index < -0.39 is 5.60 Å². The van der Waals surface area contributed by atoms with Gasteiger partial charge in [0.05, 0.1) is 27.3 Å². The summed E-state index contributed by atoms with van der Waals surface area (Å²) in [5, 5.41) is 23.7. The average molecular weight is 498 g/mol. The van der Waals surface area contributed by atoms with Crippen molar-refractivity contribution in [1.29, 1.82) is 0 Å². The van der Waals surface area contributed by atoms with Gasteiger partial charge in [0.1, 0.15) is 6.54 Å². The maximum Gasteiger partial charge on any atom is 0.271 e. The van der Waals surface area contributed by atoms with Gasteiger partial charge in [-0.05, 0) is 41.2 Å². The van der Waals surface area contributed by atoms with Crippen LogP contribution in [-0.4, -0.2) is 41.9 Å². The van der Waals surface area contributed by atoms with Gasteiger partial charge in [-0.15, -0.1) is 10.2 Å². The maximum atomic E-state index is 14.4. The third kappa shape index (κ3) is 6.31. The Hall–Kier alpha value is -2.25. The van der Waals surface area contributed by atoms with Crippen LogP contribution in [0.1, 0.15) is 60.6 Å². The van der Waals surface area contributed by atoms with Crippen LogP contribution >= 0.6 is 11.6 Å². The molecule has 1 fully saturated rings. The van der Waals surface area contributed by atoms with Gasteiger partial charge < -0.3 is 18.7 Å². The summed E-state index contributed by atoms with van der Waals surface area (Å²) in [4.78, 5) is 0. The minimum atomic E-state index is -1.51. The molecule has 4 rings (SSSR count). The Morgan fingerprint density at radius 1 is 1.09 bits per heavy atom. The van der Waals surface area contributed by atoms with Crippen LogP contribution < -0.4 is 5.11 Å². The monoisotopic (exact) mass is 497 g/mol. The molecular weight excluding hydrogens is 462 g/mol. The molecule has 6 nitrogen and oxygen atoms in total. The molecule has 0 saturated heterocycles. The van der Waals surface area contributed by atoms with Crippen LogP contribution in [0.25, 0.3) is 0 Å². The summed E-state index contributed by atoms with van der Waals surface area (Å²) in [6, 6.07) is 15.5. The molecule has 35 heavy (non-hydrogen) atoms. The van der Waals surface area contributed by atoms with E-state index in [4.69, 9.17) is 20.8 Å². The zero-order valence-electron chi connectivity index (χ0n) is 21.0. The van der Waals surface area contributed by atoms with Gasteiger partial charge in [-0.25, -0.2) is 0 Å². The Morgan fingerprint density at radius 2 is 1.83 bits per heavy atom. The molecule has 1 heterocycles. The van der Waals surface area contributed by atoms with E-state index >= 15 is 0 Å². The number of ether oxygens (including phenoxy) is 1. The quantitative estimate of drug-likeness (QED) is 0.291. The Balaban J connectivity index is 1.40. The average Bonchev–Trinajstić information content (AvgIpc) is 3.33. The first-order chi connectivity index (χ1) is 16.8. The van der Waals surface area contributed by atoms with E-state index in [0.29, 0.717) is 35.7 Å². The fourth-order valence-electron chi connectivity index (χ4n) is 4.87. The van der Waals surface area contributed by atoms with Gasteiger partial charge >= 0.3 is 0 Å². The van der Waals surface area contributed by atoms with Crippen molar-refractivity contribution < 1.29 is 18.7 Å². The number of halogens is 1. The number of likely N-dealkylation sites (N-methyl/N-ethyl adjacent to an activating group) is 1. The first-order valence-corrected chi connectivity index (χ1v) is 12.9. The molecule has 0 spiro atoms. The van der Waals surface area contributed by atoms with Crippen LogP contribution in [0.15, 0.2) is 52.9 Å². The van der Waals surface area contributed by atoms with Gasteiger partial charge in [0.2, 0.25) is 5.89 Å². The Morgan fingerprint density at radius 3 is 2.54 bits per heavy atom. The number of hydrogen-bond acceptors (Lipinski definition) is 5. The molecule has 1 aliphatic carbocycles. The normalized spacial score (nSPS) is 16.8. The molecule has 188 valence electrons. The number of hydrogen-bond donors (Lipinski definition) is 0. The summed E-state index contributed by atoms with van der Waals surface area (Å²) in [6.45, 7) is 4.38. The third-order valence-corrected chi connectivity index (χ3v) is 7.48. The molecule has 1 saturated carbocycles. The highest BCUT2D eigenvalue weighted by atomic mass is 35.5. The van der Waals surface area contributed by atoms with Gasteiger partial charge in [-0.1, -0.05) is 86.2 Å². The van der Waals surface area contributed by atoms with Crippen molar-refractivity contribution in [3.63, 3.8) is 0 Å². The van der Waals surface area contributed by atoms with Crippen LogP contribution in [0.3, 0.4) is 0 Å². The summed E-state index contributed by atoms with van der Waals surface area (Å²) >= 11 is 6.21. The molecule has 0 N–H and O–H groups in total. The van der Waals surface area contributed by atoms with Crippen molar-refractivity contribution in [2.75, 3.05) is 27.2 Å². The van der Waals surface area contributed by atoms with Crippen LogP contribution in [0.2, 0.25) is 5.02 Å². The van der Waals surface area contributed by atoms with Crippen LogP contribution in [0.5, 0.6) is 0 Å². The molecule has 1 unspecified atom stereocenters. The largest absolute Gasteiger partial charge is 0.839 e. The van der Waals surface area contributed by atoms with Gasteiger partial charge in [0.25, 0.3) is 5.89 Å². The highest BCUT2D eigenvalue weighted by Crippen LogP contribution is 2.41. The molecule has 1 aliphatic rings. The van der Waals surface area contributed by atoms with Gasteiger partial charge in [0.15, 0.2) is 6.54 Å². The highest BCUT2D eigenvalue weighted by molar-refractivity contribution is 6.31. The zero-order valence-corrected chi connectivity index (χ0v) is 21.8. The molecular formula is C28H36ClN3O3. The van der Waals surface area contributed by atoms with E-state index in [1.165, 1.54) is 6.42 Å². The third-order valence-electron chi connectivity index (χ3n) is 7.08. The SMILES string of the molecule is Cc1ccc(COCC[N+](C)(C)Cc2nnc(C([O-])(c3ccccc3)C3CCCCC3)o2)cc1Cl. The van der Waals surface area contributed by atoms with E-state index in [1.807, 2.05) is 55.5 Å². The van der Waals surface area contributed by atoms with E-state index in [-0.39, 0.29) is 11.8 Å². The predicted molar refractivity (Wildman–Crippen MR) is 135 cm³/mol. The Kier molecular flexibility index (Phi) is 8.27. The summed E-state index contributed by atoms with van der Waals surface area (Å²) < 4.78 is 12.6. The molecule has 0 bridgehead atoms. The molecule has 0 aliphatic heterocycles. The minimum absolute atomic E-state index is 0.0434. The lowest BCUT2D eigenvalue weighted by atomic mass is 9.73. The van der Waals surface area contributed by atoms with Crippen molar-refractivity contribution in [3.05, 3.63) is 82.0 Å². The van der Waals surface area contributed by atoms with E-state index in [9.17, 15) is 5.11 Å². The second kappa shape index (κ2) is 11.2. The van der Waals surface area contributed by atoms with Crippen LogP contribution in [0, 0.1) is 12.8 Å². The lowest BCUT2D eigenvalue weighted by Gasteiger charge is -2.46. The number of nitrogens with zero attached hydrogens (tertiary/aromatic N) is 3. The molecule has 0 radical (unpaired) electrons. The summed E-state index contributed by atoms with van der Waals surface area (Å²) in [5.74, 6) is 0.638. The summed E-state index contributed by atoms with van der Waals surface area (Å²) in [6.07, 6.45) is 5.10. The zero-order chi connectivity index (χ0) is 24.9. The van der Waals surface area contributed by atoms with E-state index in [1.54, 1.807) is 0 Å². The predicted octanol–water partition coefficient (Wildman–Crippen LogP) is 5.01. The van der Waals surface area contributed by atoms with Crippen LogP contribution in [-0.2, 0) is 23.5 Å².